The summed E-state index contributed by atoms with van der Waals surface area (Å²) in [6.45, 7) is 2.77. The summed E-state index contributed by atoms with van der Waals surface area (Å²) in [6.07, 6.45) is 23.2. The van der Waals surface area contributed by atoms with Gasteiger partial charge in [-0.2, -0.15) is 0 Å². The molecule has 0 spiro atoms. The van der Waals surface area contributed by atoms with Gasteiger partial charge in [0.25, 0.3) is 0 Å². The van der Waals surface area contributed by atoms with E-state index in [1.807, 2.05) is 0 Å². The monoisotopic (exact) mass is 916 g/mol. The second-order valence-corrected chi connectivity index (χ2v) is 18.3. The number of allylic oxidation sites excluding steroid dienone is 4. The van der Waals surface area contributed by atoms with Crippen LogP contribution in [0, 0.1) is 0 Å². The van der Waals surface area contributed by atoms with Crippen LogP contribution in [-0.4, -0.2) is 140 Å². The lowest BCUT2D eigenvalue weighted by Crippen LogP contribution is -2.65. The maximum Gasteiger partial charge on any atom is 0.220 e. The van der Waals surface area contributed by atoms with Gasteiger partial charge in [-0.05, 0) is 38.5 Å². The molecule has 0 aromatic carbocycles. The lowest BCUT2D eigenvalue weighted by atomic mass is 9.97. The molecule has 0 bridgehead atoms. The number of carbonyl (C=O) groups is 1. The van der Waals surface area contributed by atoms with Gasteiger partial charge in [-0.15, -0.1) is 0 Å². The molecule has 376 valence electrons. The normalized spacial score (nSPS) is 27.4. The molecule has 9 N–H and O–H groups in total. The Hall–Kier alpha value is -1.53. The summed E-state index contributed by atoms with van der Waals surface area (Å²) in [7, 11) is 0. The van der Waals surface area contributed by atoms with Crippen molar-refractivity contribution in [3.63, 3.8) is 0 Å². The number of ether oxygens (including phenoxy) is 4. The zero-order valence-electron chi connectivity index (χ0n) is 39.8. The van der Waals surface area contributed by atoms with Gasteiger partial charge in [-0.25, -0.2) is 0 Å². The van der Waals surface area contributed by atoms with E-state index in [2.05, 4.69) is 43.5 Å². The molecule has 0 aromatic heterocycles. The van der Waals surface area contributed by atoms with E-state index in [1.54, 1.807) is 0 Å². The molecular weight excluding hydrogens is 823 g/mol. The zero-order chi connectivity index (χ0) is 46.8. The van der Waals surface area contributed by atoms with E-state index in [0.29, 0.717) is 12.8 Å². The fourth-order valence-electron chi connectivity index (χ4n) is 8.45. The highest BCUT2D eigenvalue weighted by Gasteiger charge is 2.51. The molecule has 2 saturated heterocycles. The van der Waals surface area contributed by atoms with Crippen LogP contribution < -0.4 is 5.32 Å². The standard InChI is InChI=1S/C50H93NO13/c1-3-5-7-9-11-13-15-17-18-19-20-22-23-25-27-29-31-33-39(54)38(51-42(55)34-32-30-28-26-24-21-16-14-12-10-8-6-4-2)37-61-49-47(60)45(58)48(41(36-53)63-49)64-50-46(59)44(57)43(56)40(35-52)62-50/h8,10,14,16,38-41,43-50,52-54,56-60H,3-7,9,11-13,15,17-37H2,1-2H3,(H,51,55)/b10-8-,16-14-. The number of rotatable bonds is 39. The Morgan fingerprint density at radius 2 is 1.06 bits per heavy atom. The van der Waals surface area contributed by atoms with E-state index >= 15 is 0 Å². The van der Waals surface area contributed by atoms with Crippen LogP contribution in [0.3, 0.4) is 0 Å². The minimum Gasteiger partial charge on any atom is -0.394 e. The maximum atomic E-state index is 13.2. The average Bonchev–Trinajstić information content (AvgIpc) is 3.29. The van der Waals surface area contributed by atoms with Crippen LogP contribution in [0.2, 0.25) is 0 Å². The van der Waals surface area contributed by atoms with Crippen molar-refractivity contribution in [2.24, 2.45) is 0 Å². The predicted molar refractivity (Wildman–Crippen MR) is 249 cm³/mol. The number of hydrogen-bond acceptors (Lipinski definition) is 13. The molecule has 2 rings (SSSR count). The summed E-state index contributed by atoms with van der Waals surface area (Å²) in [6, 6.07) is -0.833. The van der Waals surface area contributed by atoms with Gasteiger partial charge in [-0.1, -0.05) is 173 Å². The molecule has 2 aliphatic rings. The first-order valence-electron chi connectivity index (χ1n) is 25.6. The van der Waals surface area contributed by atoms with Gasteiger partial charge < -0.3 is 65.1 Å². The highest BCUT2D eigenvalue weighted by Crippen LogP contribution is 2.30. The lowest BCUT2D eigenvalue weighted by molar-refractivity contribution is -0.359. The Bertz CT molecular complexity index is 1170. The van der Waals surface area contributed by atoms with Gasteiger partial charge in [0.15, 0.2) is 12.6 Å². The van der Waals surface area contributed by atoms with Crippen molar-refractivity contribution in [1.82, 2.24) is 5.32 Å². The highest BCUT2D eigenvalue weighted by molar-refractivity contribution is 5.76. The first kappa shape index (κ1) is 58.6. The Kier molecular flexibility index (Phi) is 34.3. The Balaban J connectivity index is 1.83. The molecule has 14 heteroatoms. The highest BCUT2D eigenvalue weighted by atomic mass is 16.7. The molecule has 2 aliphatic heterocycles. The number of carbonyl (C=O) groups excluding carboxylic acids is 1. The Morgan fingerprint density at radius 1 is 0.562 bits per heavy atom. The minimum atomic E-state index is -1.78. The van der Waals surface area contributed by atoms with Crippen molar-refractivity contribution in [1.29, 1.82) is 0 Å². The number of aliphatic hydroxyl groups excluding tert-OH is 8. The zero-order valence-corrected chi connectivity index (χ0v) is 39.8. The molecular formula is C50H93NO13. The molecule has 0 saturated carbocycles. The van der Waals surface area contributed by atoms with Gasteiger partial charge in [-0.3, -0.25) is 4.79 Å². The number of nitrogens with one attached hydrogen (secondary N) is 1. The Labute approximate surface area is 386 Å². The molecule has 0 aliphatic carbocycles. The molecule has 2 fully saturated rings. The van der Waals surface area contributed by atoms with Crippen LogP contribution in [0.25, 0.3) is 0 Å². The molecule has 64 heavy (non-hydrogen) atoms. The molecule has 12 unspecified atom stereocenters. The summed E-state index contributed by atoms with van der Waals surface area (Å²) >= 11 is 0. The van der Waals surface area contributed by atoms with Gasteiger partial charge in [0.1, 0.15) is 48.8 Å². The summed E-state index contributed by atoms with van der Waals surface area (Å²) in [5.74, 6) is -0.222. The number of amides is 1. The first-order chi connectivity index (χ1) is 31.1. The Morgan fingerprint density at radius 3 is 1.62 bits per heavy atom. The van der Waals surface area contributed by atoms with Crippen LogP contribution in [-0.2, 0) is 23.7 Å². The van der Waals surface area contributed by atoms with Crippen molar-refractivity contribution < 1.29 is 64.6 Å². The maximum absolute atomic E-state index is 13.2. The molecule has 14 nitrogen and oxygen atoms in total. The smallest absolute Gasteiger partial charge is 0.220 e. The van der Waals surface area contributed by atoms with Crippen LogP contribution in [0.15, 0.2) is 24.3 Å². The van der Waals surface area contributed by atoms with E-state index < -0.39 is 86.8 Å². The number of aliphatic hydroxyl groups is 8. The van der Waals surface area contributed by atoms with Crippen molar-refractivity contribution in [2.45, 2.75) is 267 Å². The van der Waals surface area contributed by atoms with E-state index in [9.17, 15) is 45.6 Å². The van der Waals surface area contributed by atoms with Crippen LogP contribution in [0.1, 0.15) is 194 Å². The topological polar surface area (TPSA) is 228 Å². The van der Waals surface area contributed by atoms with E-state index in [1.165, 1.54) is 83.5 Å². The summed E-state index contributed by atoms with van der Waals surface area (Å²) in [5, 5.41) is 86.9. The summed E-state index contributed by atoms with van der Waals surface area (Å²) in [4.78, 5) is 13.2. The molecule has 12 atom stereocenters. The third-order valence-corrected chi connectivity index (χ3v) is 12.7. The first-order valence-corrected chi connectivity index (χ1v) is 25.6. The molecule has 1 amide bonds. The largest absolute Gasteiger partial charge is 0.394 e. The molecule has 0 radical (unpaired) electrons. The third kappa shape index (κ3) is 24.5. The summed E-state index contributed by atoms with van der Waals surface area (Å²) in [5.41, 5.74) is 0. The van der Waals surface area contributed by atoms with Gasteiger partial charge in [0.2, 0.25) is 5.91 Å². The summed E-state index contributed by atoms with van der Waals surface area (Å²) < 4.78 is 22.7. The number of hydrogen-bond donors (Lipinski definition) is 9. The van der Waals surface area contributed by atoms with Crippen molar-refractivity contribution in [2.75, 3.05) is 19.8 Å². The minimum absolute atomic E-state index is 0.222. The molecule has 2 heterocycles. The van der Waals surface area contributed by atoms with E-state index in [-0.39, 0.29) is 18.9 Å². The van der Waals surface area contributed by atoms with Crippen molar-refractivity contribution >= 4 is 5.91 Å². The van der Waals surface area contributed by atoms with E-state index in [4.69, 9.17) is 18.9 Å². The fourth-order valence-corrected chi connectivity index (χ4v) is 8.45. The number of unbranched alkanes of at least 4 members (excludes halogenated alkanes) is 22. The van der Waals surface area contributed by atoms with E-state index in [0.717, 1.165) is 77.0 Å². The lowest BCUT2D eigenvalue weighted by Gasteiger charge is -2.46. The van der Waals surface area contributed by atoms with Crippen molar-refractivity contribution in [3.8, 4) is 0 Å². The van der Waals surface area contributed by atoms with Gasteiger partial charge in [0, 0.05) is 6.42 Å². The second-order valence-electron chi connectivity index (χ2n) is 18.3. The van der Waals surface area contributed by atoms with Crippen LogP contribution in [0.5, 0.6) is 0 Å². The average molecular weight is 916 g/mol. The predicted octanol–water partition coefficient (Wildman–Crippen LogP) is 6.55. The fraction of sp³-hybridized carbons (Fsp3) is 0.900. The quantitative estimate of drug-likeness (QED) is 0.0236. The van der Waals surface area contributed by atoms with Crippen LogP contribution >= 0.6 is 0 Å². The SMILES string of the molecule is CCC/C=C\C/C=C\CCCCCCCC(=O)NC(COC1OC(CO)C(OC2OC(CO)C(O)C(O)C2O)C(O)C1O)C(O)CCCCCCCCCCCCCCCCCCC. The van der Waals surface area contributed by atoms with Gasteiger partial charge in [0.05, 0.1) is 32.0 Å². The van der Waals surface area contributed by atoms with Crippen LogP contribution in [0.4, 0.5) is 0 Å². The van der Waals surface area contributed by atoms with Crippen molar-refractivity contribution in [3.05, 3.63) is 24.3 Å². The second kappa shape index (κ2) is 37.5. The molecule has 0 aromatic rings. The van der Waals surface area contributed by atoms with Gasteiger partial charge >= 0.3 is 0 Å². The third-order valence-electron chi connectivity index (χ3n) is 12.7.